The third-order valence-electron chi connectivity index (χ3n) is 30.3. The number of aliphatic imine (C=N–C) groups is 4. The summed E-state index contributed by atoms with van der Waals surface area (Å²) in [5.74, 6) is 1.20. The Labute approximate surface area is 741 Å². The number of alkyl halides is 5. The number of carbonyl (C=O) groups excluding carboxylic acids is 4. The molecule has 0 aromatic heterocycles. The zero-order valence-electron chi connectivity index (χ0n) is 77.0. The van der Waals surface area contributed by atoms with E-state index in [1.807, 2.05) is 44.2 Å². The van der Waals surface area contributed by atoms with Crippen LogP contribution in [0.1, 0.15) is 253 Å². The lowest BCUT2D eigenvalue weighted by Gasteiger charge is -2.45. The van der Waals surface area contributed by atoms with E-state index in [2.05, 4.69) is 134 Å². The second kappa shape index (κ2) is 35.5. The van der Waals surface area contributed by atoms with Crippen molar-refractivity contribution in [3.8, 4) is 16.9 Å². The lowest BCUT2D eigenvalue weighted by Crippen LogP contribution is -2.53. The number of halogens is 5. The fraction of sp³-hybridized carbons (Fsp3) is 0.620. The third-order valence-corrected chi connectivity index (χ3v) is 30.3. The molecule has 17 rings (SSSR count). The molecule has 8 N–H and O–H groups in total. The van der Waals surface area contributed by atoms with Gasteiger partial charge in [-0.3, -0.25) is 38.8 Å². The third kappa shape index (κ3) is 16.5. The quantitative estimate of drug-likeness (QED) is 0.0595. The van der Waals surface area contributed by atoms with Crippen molar-refractivity contribution in [1.82, 2.24) is 19.6 Å². The molecule has 26 heteroatoms. The molecule has 4 aliphatic heterocycles. The highest BCUT2D eigenvalue weighted by Gasteiger charge is 2.72. The summed E-state index contributed by atoms with van der Waals surface area (Å²) in [5, 5.41) is 0. The number of guanidine groups is 4. The lowest BCUT2D eigenvalue weighted by molar-refractivity contribution is -0.158. The standard InChI is InChI=1S/C27H33N3O3.C25H37N3O2.C24H32F3N3O2.C24H33F2N3O2/c1-17(2)33-21-10-12-26(13-11-21)16-20-9-8-19(18-6-5-7-22(14-18)32-4)15-23(20)27(26)24(31)30(3)25(28)29-27;1-16(2)28-21(29)25(27-22(28)26)20-13-17(14-23(3,4)5)7-8-18(20)15-24(25)11-9-19(30-6)10-12-24;1-15(2)4-5-16-6-7-17-13-22(10-8-18(32-3)9-11-22)24(19(17)12-16)20(31)30(21(28)29-24)14-23(25,26)27;1-15(2)4-5-16-6-7-17-13-23(10-8-18(31-3)9-11-23)24(19(17)12-16)21(30)29(14-20(25)26)22(27)28-24/h5-9,14-15,17,21H,10-13,16H2,1-4H3,(H2,28,29);7-8,13,16,19H,9-12,14-15H2,1-6H3,(H2,26,27);6-7,12,15,18H,4-5,8-11,13-14H2,1-3H3,(H2,28,29);6-7,12,15,18,20H,4-5,8-11,13-14H2,1-3H3,(H2,27,28). The number of amides is 4. The summed E-state index contributed by atoms with van der Waals surface area (Å²) in [6.45, 7) is 21.5. The van der Waals surface area contributed by atoms with Gasteiger partial charge in [0.25, 0.3) is 30.1 Å². The van der Waals surface area contributed by atoms with Gasteiger partial charge in [-0.1, -0.05) is 127 Å². The van der Waals surface area contributed by atoms with E-state index in [1.165, 1.54) is 21.6 Å². The van der Waals surface area contributed by atoms with Gasteiger partial charge in [0, 0.05) is 56.1 Å². The largest absolute Gasteiger partial charge is 0.497 e. The molecule has 684 valence electrons. The minimum atomic E-state index is -4.55. The van der Waals surface area contributed by atoms with Crippen LogP contribution in [0.2, 0.25) is 0 Å². The molecule has 4 saturated carbocycles. The lowest BCUT2D eigenvalue weighted by atomic mass is 9.61. The molecular weight excluding hydrogens is 1610 g/mol. The Morgan fingerprint density at radius 1 is 0.452 bits per heavy atom. The number of carbonyl (C=O) groups is 4. The second-order valence-electron chi connectivity index (χ2n) is 40.9. The first kappa shape index (κ1) is 93.3. The van der Waals surface area contributed by atoms with Crippen molar-refractivity contribution in [3.63, 3.8) is 0 Å². The average Bonchev–Trinajstić information content (AvgIpc) is 1.54. The van der Waals surface area contributed by atoms with Crippen LogP contribution < -0.4 is 27.7 Å². The number of aryl methyl sites for hydroxylation is 2. The van der Waals surface area contributed by atoms with Crippen molar-refractivity contribution in [3.05, 3.63) is 158 Å². The van der Waals surface area contributed by atoms with Gasteiger partial charge in [-0.05, 0) is 296 Å². The molecule has 12 aliphatic rings. The number of hydrogen-bond donors (Lipinski definition) is 4. The maximum absolute atomic E-state index is 14.1. The molecule has 0 bridgehead atoms. The van der Waals surface area contributed by atoms with Crippen molar-refractivity contribution in [1.29, 1.82) is 0 Å². The summed E-state index contributed by atoms with van der Waals surface area (Å²) in [6.07, 6.45) is 15.0. The number of benzene rings is 5. The summed E-state index contributed by atoms with van der Waals surface area (Å²) in [5.41, 5.74) is 32.9. The van der Waals surface area contributed by atoms with Gasteiger partial charge in [-0.2, -0.15) is 13.2 Å². The Morgan fingerprint density at radius 3 is 1.21 bits per heavy atom. The number of likely N-dealkylation sites (N-methyl/N-ethyl adjacent to an activating group) is 1. The average molecular weight is 1740 g/mol. The summed E-state index contributed by atoms with van der Waals surface area (Å²) < 4.78 is 94.6. The number of nitrogens with two attached hydrogens (primary N) is 4. The molecule has 8 spiro atoms. The van der Waals surface area contributed by atoms with E-state index < -0.39 is 64.6 Å². The van der Waals surface area contributed by atoms with E-state index in [1.54, 1.807) is 40.4 Å². The normalized spacial score (nSPS) is 30.0. The first-order valence-corrected chi connectivity index (χ1v) is 46.0. The highest BCUT2D eigenvalue weighted by atomic mass is 19.4. The molecule has 4 atom stereocenters. The zero-order chi connectivity index (χ0) is 91.0. The molecular formula is C100H135F5N12O9. The number of hydrogen-bond acceptors (Lipinski definition) is 17. The van der Waals surface area contributed by atoms with Gasteiger partial charge >= 0.3 is 6.18 Å². The fourth-order valence-electron chi connectivity index (χ4n) is 24.0. The van der Waals surface area contributed by atoms with Gasteiger partial charge in [0.05, 0.1) is 44.2 Å². The predicted octanol–water partition coefficient (Wildman–Crippen LogP) is 16.8. The van der Waals surface area contributed by atoms with Gasteiger partial charge in [-0.25, -0.2) is 28.8 Å². The number of methoxy groups -OCH3 is 4. The Balaban J connectivity index is 0.000000136. The van der Waals surface area contributed by atoms with Crippen LogP contribution in [0.5, 0.6) is 5.75 Å². The van der Waals surface area contributed by atoms with Gasteiger partial charge in [-0.15, -0.1) is 0 Å². The van der Waals surface area contributed by atoms with E-state index in [0.717, 1.165) is 201 Å². The number of ether oxygens (including phenoxy) is 5. The van der Waals surface area contributed by atoms with Crippen LogP contribution in [0.3, 0.4) is 0 Å². The number of fused-ring (bicyclic) bond motifs is 12. The molecule has 21 nitrogen and oxygen atoms in total. The van der Waals surface area contributed by atoms with Gasteiger partial charge in [0.2, 0.25) is 0 Å². The molecule has 4 unspecified atom stereocenters. The Kier molecular flexibility index (Phi) is 26.3. The molecule has 4 amide bonds. The second-order valence-corrected chi connectivity index (χ2v) is 40.9. The van der Waals surface area contributed by atoms with Crippen molar-refractivity contribution >= 4 is 47.5 Å². The summed E-state index contributed by atoms with van der Waals surface area (Å²) in [4.78, 5) is 79.8. The topological polar surface area (TPSA) is 281 Å². The van der Waals surface area contributed by atoms with Crippen LogP contribution in [-0.4, -0.2) is 165 Å². The summed E-state index contributed by atoms with van der Waals surface area (Å²) >= 11 is 0. The van der Waals surface area contributed by atoms with Gasteiger partial charge in [0.1, 0.15) is 12.3 Å². The molecule has 8 aliphatic carbocycles. The molecule has 0 saturated heterocycles. The highest BCUT2D eigenvalue weighted by Crippen LogP contribution is 2.67. The monoisotopic (exact) mass is 1740 g/mol. The van der Waals surface area contributed by atoms with Crippen LogP contribution in [0.25, 0.3) is 11.1 Å². The first-order valence-electron chi connectivity index (χ1n) is 46.0. The molecule has 4 heterocycles. The fourth-order valence-corrected chi connectivity index (χ4v) is 24.0. The van der Waals surface area contributed by atoms with Crippen molar-refractivity contribution in [2.45, 2.75) is 308 Å². The van der Waals surface area contributed by atoms with Crippen LogP contribution >= 0.6 is 0 Å². The van der Waals surface area contributed by atoms with Gasteiger partial charge in [0.15, 0.2) is 46.0 Å². The van der Waals surface area contributed by atoms with Crippen molar-refractivity contribution in [2.75, 3.05) is 48.6 Å². The first-order chi connectivity index (χ1) is 59.6. The molecule has 5 aromatic carbocycles. The molecule has 5 aromatic rings. The summed E-state index contributed by atoms with van der Waals surface area (Å²) in [7, 11) is 8.58. The molecule has 0 radical (unpaired) electrons. The Hall–Kier alpha value is -8.85. The smallest absolute Gasteiger partial charge is 0.406 e. The van der Waals surface area contributed by atoms with Crippen molar-refractivity contribution < 1.29 is 64.8 Å². The van der Waals surface area contributed by atoms with E-state index in [-0.39, 0.29) is 82.4 Å². The Morgan fingerprint density at radius 2 is 0.825 bits per heavy atom. The highest BCUT2D eigenvalue weighted by molar-refractivity contribution is 6.11. The minimum Gasteiger partial charge on any atom is -0.497 e. The van der Waals surface area contributed by atoms with Crippen LogP contribution in [0, 0.1) is 38.9 Å². The van der Waals surface area contributed by atoms with Crippen LogP contribution in [0.4, 0.5) is 22.0 Å². The van der Waals surface area contributed by atoms with E-state index >= 15 is 0 Å². The van der Waals surface area contributed by atoms with E-state index in [0.29, 0.717) is 54.3 Å². The predicted molar refractivity (Wildman–Crippen MR) is 481 cm³/mol. The maximum Gasteiger partial charge on any atom is 0.406 e. The van der Waals surface area contributed by atoms with Gasteiger partial charge < -0.3 is 46.6 Å². The molecule has 4 fully saturated rings. The van der Waals surface area contributed by atoms with E-state index in [4.69, 9.17) is 61.6 Å². The molecule has 126 heavy (non-hydrogen) atoms. The van der Waals surface area contributed by atoms with Crippen LogP contribution in [0.15, 0.2) is 117 Å². The minimum absolute atomic E-state index is 0.00482. The summed E-state index contributed by atoms with van der Waals surface area (Å²) in [6, 6.07) is 33.7. The van der Waals surface area contributed by atoms with E-state index in [9.17, 15) is 41.1 Å². The Bertz CT molecular complexity index is 5020. The maximum atomic E-state index is 14.1. The number of nitrogens with zero attached hydrogens (tertiary/aromatic N) is 8. The number of rotatable bonds is 18. The SMILES string of the molecule is COC1CCC2(CC1)Cc1ccc(CC(C)(C)C)cc1C21N=C(N)N(C(C)C)C1=O.COC1CCC2(CC1)Cc1ccc(CCC(C)C)cc1C21N=C(N)N(CC(F)(F)F)C1=O.COC1CCC2(CC1)Cc1ccc(CCC(C)C)cc1C21N=C(N)N(CC(F)F)C1=O.COc1cccc(-c2ccc3c(c2)C2(N=C(N)N(C)C2=O)C2(CCC(OC(C)C)CC2)C3)c1. The van der Waals surface area contributed by atoms with Crippen molar-refractivity contribution in [2.24, 2.45) is 81.8 Å². The zero-order valence-corrected chi connectivity index (χ0v) is 77.0. The van der Waals surface area contributed by atoms with Crippen LogP contribution in [-0.2, 0) is 105 Å².